The summed E-state index contributed by atoms with van der Waals surface area (Å²) in [6.07, 6.45) is 1.17. The van der Waals surface area contributed by atoms with Crippen molar-refractivity contribution in [1.82, 2.24) is 4.98 Å². The number of halogens is 2. The van der Waals surface area contributed by atoms with E-state index < -0.39 is 21.5 Å². The number of hydrogen-bond acceptors (Lipinski definition) is 4. The summed E-state index contributed by atoms with van der Waals surface area (Å²) in [5, 5.41) is 10.0. The first-order valence-corrected chi connectivity index (χ1v) is 9.73. The van der Waals surface area contributed by atoms with Crippen LogP contribution in [0.25, 0.3) is 22.0 Å². The highest BCUT2D eigenvalue weighted by Gasteiger charge is 2.25. The number of fused-ring (bicyclic) bond motifs is 1. The van der Waals surface area contributed by atoms with Gasteiger partial charge in [0.1, 0.15) is 17.4 Å². The summed E-state index contributed by atoms with van der Waals surface area (Å²) < 4.78 is 53.3. The molecule has 1 N–H and O–H groups in total. The predicted octanol–water partition coefficient (Wildman–Crippen LogP) is 4.72. The fraction of sp³-hybridized carbons (Fsp3) is 0. The zero-order chi connectivity index (χ0) is 19.9. The lowest BCUT2D eigenvalue weighted by atomic mass is 10.0. The molecule has 0 fully saturated rings. The molecule has 4 nitrogen and oxygen atoms in total. The van der Waals surface area contributed by atoms with Crippen LogP contribution in [0, 0.1) is 11.6 Å². The Morgan fingerprint density at radius 2 is 1.46 bits per heavy atom. The first kappa shape index (κ1) is 18.1. The third-order valence-electron chi connectivity index (χ3n) is 4.37. The molecule has 0 aliphatic rings. The quantitative estimate of drug-likeness (QED) is 0.508. The van der Waals surface area contributed by atoms with Crippen molar-refractivity contribution in [3.8, 4) is 16.9 Å². The van der Waals surface area contributed by atoms with Crippen LogP contribution in [0.15, 0.2) is 82.7 Å². The Kier molecular flexibility index (Phi) is 4.31. The molecule has 1 aromatic heterocycles. The fourth-order valence-electron chi connectivity index (χ4n) is 3.02. The van der Waals surface area contributed by atoms with Crippen LogP contribution >= 0.6 is 0 Å². The predicted molar refractivity (Wildman–Crippen MR) is 101 cm³/mol. The molecule has 4 aromatic rings. The summed E-state index contributed by atoms with van der Waals surface area (Å²) in [4.78, 5) is 3.93. The Morgan fingerprint density at radius 3 is 2.14 bits per heavy atom. The van der Waals surface area contributed by atoms with Crippen molar-refractivity contribution in [2.24, 2.45) is 0 Å². The molecule has 28 heavy (non-hydrogen) atoms. The van der Waals surface area contributed by atoms with Gasteiger partial charge in [-0.1, -0.05) is 12.1 Å². The Bertz CT molecular complexity index is 1290. The van der Waals surface area contributed by atoms with Crippen molar-refractivity contribution in [2.45, 2.75) is 9.79 Å². The van der Waals surface area contributed by atoms with E-state index in [0.717, 1.165) is 12.1 Å². The second-order valence-electron chi connectivity index (χ2n) is 6.16. The lowest BCUT2D eigenvalue weighted by Crippen LogP contribution is -2.06. The van der Waals surface area contributed by atoms with Crippen LogP contribution in [0.3, 0.4) is 0 Å². The van der Waals surface area contributed by atoms with Gasteiger partial charge in [-0.05, 0) is 54.1 Å². The number of hydrogen-bond donors (Lipinski definition) is 1. The maximum atomic E-state index is 13.6. The van der Waals surface area contributed by atoms with Crippen LogP contribution in [0.2, 0.25) is 0 Å². The highest BCUT2D eigenvalue weighted by molar-refractivity contribution is 7.91. The average Bonchev–Trinajstić information content (AvgIpc) is 2.68. The number of nitrogens with zero attached hydrogens (tertiary/aromatic N) is 1. The van der Waals surface area contributed by atoms with E-state index in [1.54, 1.807) is 12.1 Å². The van der Waals surface area contributed by atoms with Gasteiger partial charge in [-0.15, -0.1) is 0 Å². The third-order valence-corrected chi connectivity index (χ3v) is 6.15. The number of benzene rings is 3. The van der Waals surface area contributed by atoms with E-state index in [1.165, 1.54) is 48.7 Å². The Morgan fingerprint density at radius 1 is 0.821 bits per heavy atom. The SMILES string of the molecule is O=S(=O)(c1ccc(F)cc1)c1cnc2cc(F)ccc2c1-c1ccc(O)cc1. The average molecular weight is 397 g/mol. The molecule has 1 heterocycles. The van der Waals surface area contributed by atoms with Gasteiger partial charge < -0.3 is 5.11 Å². The summed E-state index contributed by atoms with van der Waals surface area (Å²) in [6, 6.07) is 14.4. The van der Waals surface area contributed by atoms with Gasteiger partial charge in [-0.2, -0.15) is 0 Å². The summed E-state index contributed by atoms with van der Waals surface area (Å²) in [7, 11) is -4.03. The first-order valence-electron chi connectivity index (χ1n) is 8.24. The summed E-state index contributed by atoms with van der Waals surface area (Å²) >= 11 is 0. The molecular formula is C21H13F2NO3S. The lowest BCUT2D eigenvalue weighted by molar-refractivity contribution is 0.475. The van der Waals surface area contributed by atoms with Crippen LogP contribution < -0.4 is 0 Å². The zero-order valence-corrected chi connectivity index (χ0v) is 15.1. The molecule has 0 bridgehead atoms. The van der Waals surface area contributed by atoms with Crippen LogP contribution in [0.4, 0.5) is 8.78 Å². The number of sulfone groups is 1. The monoisotopic (exact) mass is 397 g/mol. The van der Waals surface area contributed by atoms with Crippen molar-refractivity contribution < 1.29 is 22.3 Å². The number of phenolic OH excluding ortho intramolecular Hbond substituents is 1. The van der Waals surface area contributed by atoms with Gasteiger partial charge in [0.25, 0.3) is 0 Å². The fourth-order valence-corrected chi connectivity index (χ4v) is 4.46. The van der Waals surface area contributed by atoms with Crippen LogP contribution in [0.1, 0.15) is 0 Å². The molecule has 0 amide bonds. The van der Waals surface area contributed by atoms with E-state index >= 15 is 0 Å². The molecule has 0 saturated carbocycles. The van der Waals surface area contributed by atoms with Gasteiger partial charge >= 0.3 is 0 Å². The number of aromatic nitrogens is 1. The van der Waals surface area contributed by atoms with Gasteiger partial charge in [-0.3, -0.25) is 4.98 Å². The van der Waals surface area contributed by atoms with E-state index in [-0.39, 0.29) is 15.5 Å². The molecule has 0 spiro atoms. The smallest absolute Gasteiger partial charge is 0.208 e. The van der Waals surface area contributed by atoms with Crippen molar-refractivity contribution in [3.63, 3.8) is 0 Å². The maximum absolute atomic E-state index is 13.6. The number of phenols is 1. The number of aromatic hydroxyl groups is 1. The van der Waals surface area contributed by atoms with Crippen LogP contribution in [0.5, 0.6) is 5.75 Å². The van der Waals surface area contributed by atoms with E-state index in [4.69, 9.17) is 0 Å². The summed E-state index contributed by atoms with van der Waals surface area (Å²) in [5.41, 5.74) is 1.13. The molecule has 0 aliphatic carbocycles. The van der Waals surface area contributed by atoms with E-state index in [2.05, 4.69) is 4.98 Å². The Labute approximate surface area is 159 Å². The second-order valence-corrected chi connectivity index (χ2v) is 8.08. The van der Waals surface area contributed by atoms with Gasteiger partial charge in [0.2, 0.25) is 9.84 Å². The molecule has 3 aromatic carbocycles. The van der Waals surface area contributed by atoms with Crippen molar-refractivity contribution in [2.75, 3.05) is 0 Å². The molecule has 0 atom stereocenters. The van der Waals surface area contributed by atoms with Gasteiger partial charge in [0, 0.05) is 23.2 Å². The van der Waals surface area contributed by atoms with Crippen LogP contribution in [-0.2, 0) is 9.84 Å². The minimum atomic E-state index is -4.03. The molecule has 0 unspecified atom stereocenters. The van der Waals surface area contributed by atoms with E-state index in [9.17, 15) is 22.3 Å². The van der Waals surface area contributed by atoms with E-state index in [1.807, 2.05) is 0 Å². The minimum Gasteiger partial charge on any atom is -0.508 e. The highest BCUT2D eigenvalue weighted by Crippen LogP contribution is 2.37. The van der Waals surface area contributed by atoms with Crippen molar-refractivity contribution in [1.29, 1.82) is 0 Å². The van der Waals surface area contributed by atoms with Crippen molar-refractivity contribution >= 4 is 20.7 Å². The topological polar surface area (TPSA) is 67.3 Å². The maximum Gasteiger partial charge on any atom is 0.208 e. The zero-order valence-electron chi connectivity index (χ0n) is 14.3. The minimum absolute atomic E-state index is 0.0242. The summed E-state index contributed by atoms with van der Waals surface area (Å²) in [6.45, 7) is 0. The number of pyridine rings is 1. The number of rotatable bonds is 3. The molecule has 7 heteroatoms. The van der Waals surface area contributed by atoms with Gasteiger partial charge in [0.05, 0.1) is 15.3 Å². The Hall–Kier alpha value is -3.32. The van der Waals surface area contributed by atoms with E-state index in [0.29, 0.717) is 22.0 Å². The third kappa shape index (κ3) is 3.10. The van der Waals surface area contributed by atoms with Crippen molar-refractivity contribution in [3.05, 3.63) is 84.6 Å². The van der Waals surface area contributed by atoms with Crippen LogP contribution in [-0.4, -0.2) is 18.5 Å². The molecule has 0 radical (unpaired) electrons. The molecule has 0 saturated heterocycles. The molecule has 4 rings (SSSR count). The largest absolute Gasteiger partial charge is 0.508 e. The summed E-state index contributed by atoms with van der Waals surface area (Å²) in [5.74, 6) is -1.02. The Balaban J connectivity index is 2.05. The molecule has 0 aliphatic heterocycles. The molecular weight excluding hydrogens is 384 g/mol. The second kappa shape index (κ2) is 6.69. The highest BCUT2D eigenvalue weighted by atomic mass is 32.2. The van der Waals surface area contributed by atoms with Gasteiger partial charge in [0.15, 0.2) is 0 Å². The van der Waals surface area contributed by atoms with Gasteiger partial charge in [-0.25, -0.2) is 17.2 Å². The molecule has 140 valence electrons. The first-order chi connectivity index (χ1) is 13.4. The standard InChI is InChI=1S/C21H13F2NO3S/c22-14-3-8-17(9-4-14)28(26,27)20-12-24-19-11-15(23)5-10-18(19)21(20)13-1-6-16(25)7-2-13/h1-12,25H. The normalized spacial score (nSPS) is 11.6. The lowest BCUT2D eigenvalue weighted by Gasteiger charge is -2.14.